The second-order valence-corrected chi connectivity index (χ2v) is 4.74. The molecule has 0 aliphatic heterocycles. The molecular weight excluding hydrogens is 286 g/mol. The quantitative estimate of drug-likeness (QED) is 0.845. The summed E-state index contributed by atoms with van der Waals surface area (Å²) >= 11 is 0. The van der Waals surface area contributed by atoms with Crippen LogP contribution in [0.4, 0.5) is 0 Å². The summed E-state index contributed by atoms with van der Waals surface area (Å²) in [7, 11) is 3.11. The van der Waals surface area contributed by atoms with E-state index in [4.69, 9.17) is 9.47 Å². The van der Waals surface area contributed by atoms with Crippen LogP contribution < -0.4 is 9.47 Å². The van der Waals surface area contributed by atoms with Crippen molar-refractivity contribution in [3.8, 4) is 17.2 Å². The molecule has 0 saturated heterocycles. The van der Waals surface area contributed by atoms with Gasteiger partial charge in [-0.25, -0.2) is 9.48 Å². The van der Waals surface area contributed by atoms with Crippen LogP contribution >= 0.6 is 0 Å². The maximum atomic E-state index is 11.3. The molecule has 0 saturated carbocycles. The number of methoxy groups -OCH3 is 2. The Balaban J connectivity index is 2.58. The van der Waals surface area contributed by atoms with Crippen LogP contribution in [0.5, 0.6) is 11.5 Å². The Kier molecular flexibility index (Phi) is 4.98. The lowest BCUT2D eigenvalue weighted by molar-refractivity contribution is 0.0689. The maximum absolute atomic E-state index is 11.3. The van der Waals surface area contributed by atoms with Gasteiger partial charge in [-0.3, -0.25) is 0 Å². The fraction of sp³-hybridized carbons (Fsp3) is 0.400. The molecular formula is C15H19N3O4. The molecule has 118 valence electrons. The molecule has 0 spiro atoms. The lowest BCUT2D eigenvalue weighted by Gasteiger charge is -2.12. The summed E-state index contributed by atoms with van der Waals surface area (Å²) in [4.78, 5) is 11.3. The van der Waals surface area contributed by atoms with Crippen molar-refractivity contribution < 1.29 is 19.4 Å². The molecule has 0 radical (unpaired) electrons. The van der Waals surface area contributed by atoms with Gasteiger partial charge < -0.3 is 14.6 Å². The van der Waals surface area contributed by atoms with Crippen molar-refractivity contribution in [1.29, 1.82) is 0 Å². The minimum Gasteiger partial charge on any atom is -0.497 e. The van der Waals surface area contributed by atoms with Crippen molar-refractivity contribution in [2.45, 2.75) is 26.2 Å². The molecule has 0 atom stereocenters. The zero-order valence-electron chi connectivity index (χ0n) is 12.9. The zero-order valence-corrected chi connectivity index (χ0v) is 12.9. The Morgan fingerprint density at radius 1 is 1.32 bits per heavy atom. The van der Waals surface area contributed by atoms with Crippen molar-refractivity contribution in [2.75, 3.05) is 14.2 Å². The average molecular weight is 305 g/mol. The van der Waals surface area contributed by atoms with Crippen molar-refractivity contribution in [1.82, 2.24) is 15.0 Å². The minimum absolute atomic E-state index is 0.0293. The summed E-state index contributed by atoms with van der Waals surface area (Å²) < 4.78 is 12.1. The van der Waals surface area contributed by atoms with Crippen molar-refractivity contribution in [3.63, 3.8) is 0 Å². The minimum atomic E-state index is -1.08. The van der Waals surface area contributed by atoms with Gasteiger partial charge in [-0.2, -0.15) is 0 Å². The van der Waals surface area contributed by atoms with E-state index >= 15 is 0 Å². The standard InChI is InChI=1S/C15H19N3O4/c1-4-5-6-11-14(15(19)20)16-17-18(11)12-9-10(21-2)7-8-13(12)22-3/h7-9H,4-6H2,1-3H3,(H,19,20). The van der Waals surface area contributed by atoms with Gasteiger partial charge in [0.15, 0.2) is 5.69 Å². The molecule has 1 aromatic carbocycles. The van der Waals surface area contributed by atoms with E-state index in [-0.39, 0.29) is 5.69 Å². The van der Waals surface area contributed by atoms with Crippen LogP contribution in [0.15, 0.2) is 18.2 Å². The highest BCUT2D eigenvalue weighted by atomic mass is 16.5. The predicted octanol–water partition coefficient (Wildman–Crippen LogP) is 2.33. The summed E-state index contributed by atoms with van der Waals surface area (Å²) in [6.45, 7) is 2.04. The predicted molar refractivity (Wildman–Crippen MR) is 80.0 cm³/mol. The first-order valence-corrected chi connectivity index (χ1v) is 7.02. The molecule has 0 unspecified atom stereocenters. The maximum Gasteiger partial charge on any atom is 0.358 e. The molecule has 0 aliphatic carbocycles. The second-order valence-electron chi connectivity index (χ2n) is 4.74. The fourth-order valence-electron chi connectivity index (χ4n) is 2.19. The molecule has 1 heterocycles. The lowest BCUT2D eigenvalue weighted by atomic mass is 10.1. The SMILES string of the molecule is CCCCc1c(C(=O)O)nnn1-c1cc(OC)ccc1OC. The third-order valence-electron chi connectivity index (χ3n) is 3.35. The lowest BCUT2D eigenvalue weighted by Crippen LogP contribution is -2.08. The van der Waals surface area contributed by atoms with Crippen LogP contribution in [0.25, 0.3) is 5.69 Å². The summed E-state index contributed by atoms with van der Waals surface area (Å²) in [5.41, 5.74) is 1.13. The van der Waals surface area contributed by atoms with Gasteiger partial charge in [-0.05, 0) is 25.0 Å². The molecule has 22 heavy (non-hydrogen) atoms. The van der Waals surface area contributed by atoms with E-state index in [1.807, 2.05) is 6.92 Å². The first kappa shape index (κ1) is 15.8. The second kappa shape index (κ2) is 6.93. The molecule has 0 aliphatic rings. The Hall–Kier alpha value is -2.57. The third kappa shape index (κ3) is 3.03. The molecule has 1 aromatic heterocycles. The van der Waals surface area contributed by atoms with Gasteiger partial charge in [-0.1, -0.05) is 18.6 Å². The number of unbranched alkanes of at least 4 members (excludes halogenated alkanes) is 1. The Morgan fingerprint density at radius 3 is 2.68 bits per heavy atom. The first-order valence-electron chi connectivity index (χ1n) is 7.02. The molecule has 7 nitrogen and oxygen atoms in total. The number of ether oxygens (including phenoxy) is 2. The number of carboxylic acids is 1. The highest BCUT2D eigenvalue weighted by Crippen LogP contribution is 2.29. The number of aromatic carboxylic acids is 1. The monoisotopic (exact) mass is 305 g/mol. The third-order valence-corrected chi connectivity index (χ3v) is 3.35. The number of aromatic nitrogens is 3. The highest BCUT2D eigenvalue weighted by molar-refractivity contribution is 5.86. The zero-order chi connectivity index (χ0) is 16.1. The van der Waals surface area contributed by atoms with Gasteiger partial charge in [0.25, 0.3) is 0 Å². The number of hydrogen-bond donors (Lipinski definition) is 1. The topological polar surface area (TPSA) is 86.5 Å². The van der Waals surface area contributed by atoms with Crippen molar-refractivity contribution in [3.05, 3.63) is 29.6 Å². The van der Waals surface area contributed by atoms with E-state index in [1.54, 1.807) is 32.4 Å². The van der Waals surface area contributed by atoms with E-state index < -0.39 is 5.97 Å². The molecule has 0 fully saturated rings. The van der Waals surface area contributed by atoms with Crippen LogP contribution in [-0.2, 0) is 6.42 Å². The van der Waals surface area contributed by atoms with Crippen LogP contribution in [0.2, 0.25) is 0 Å². The Labute approximate surface area is 128 Å². The largest absolute Gasteiger partial charge is 0.497 e. The van der Waals surface area contributed by atoms with E-state index in [0.717, 1.165) is 12.8 Å². The molecule has 0 bridgehead atoms. The summed E-state index contributed by atoms with van der Waals surface area (Å²) in [5, 5.41) is 17.1. The normalized spacial score (nSPS) is 10.5. The molecule has 7 heteroatoms. The van der Waals surface area contributed by atoms with Gasteiger partial charge in [0.2, 0.25) is 0 Å². The summed E-state index contributed by atoms with van der Waals surface area (Å²) in [5.74, 6) is 0.115. The molecule has 0 amide bonds. The molecule has 2 rings (SSSR count). The number of nitrogens with zero attached hydrogens (tertiary/aromatic N) is 3. The Morgan fingerprint density at radius 2 is 2.09 bits per heavy atom. The fourth-order valence-corrected chi connectivity index (χ4v) is 2.19. The van der Waals surface area contributed by atoms with Crippen LogP contribution in [0.1, 0.15) is 35.9 Å². The van der Waals surface area contributed by atoms with Crippen LogP contribution in [0, 0.1) is 0 Å². The number of rotatable bonds is 7. The van der Waals surface area contributed by atoms with Gasteiger partial charge in [-0.15, -0.1) is 5.10 Å². The summed E-state index contributed by atoms with van der Waals surface area (Å²) in [6.07, 6.45) is 2.37. The molecule has 2 aromatic rings. The van der Waals surface area contributed by atoms with E-state index in [9.17, 15) is 9.90 Å². The number of hydrogen-bond acceptors (Lipinski definition) is 5. The number of carboxylic acid groups (broad SMARTS) is 1. The van der Waals surface area contributed by atoms with E-state index in [2.05, 4.69) is 10.3 Å². The number of carbonyl (C=O) groups is 1. The Bertz CT molecular complexity index is 667. The first-order chi connectivity index (χ1) is 10.6. The van der Waals surface area contributed by atoms with Gasteiger partial charge in [0, 0.05) is 6.07 Å². The highest BCUT2D eigenvalue weighted by Gasteiger charge is 2.21. The van der Waals surface area contributed by atoms with Gasteiger partial charge in [0.05, 0.1) is 19.9 Å². The number of benzene rings is 1. The van der Waals surface area contributed by atoms with Crippen molar-refractivity contribution >= 4 is 5.97 Å². The average Bonchev–Trinajstić information content (AvgIpc) is 2.96. The van der Waals surface area contributed by atoms with Crippen molar-refractivity contribution in [2.24, 2.45) is 0 Å². The van der Waals surface area contributed by atoms with E-state index in [1.165, 1.54) is 4.68 Å². The smallest absolute Gasteiger partial charge is 0.358 e. The molecule has 1 N–H and O–H groups in total. The van der Waals surface area contributed by atoms with Crippen LogP contribution in [0.3, 0.4) is 0 Å². The summed E-state index contributed by atoms with van der Waals surface area (Å²) in [6, 6.07) is 5.26. The van der Waals surface area contributed by atoms with Gasteiger partial charge in [0.1, 0.15) is 17.2 Å². The van der Waals surface area contributed by atoms with E-state index in [0.29, 0.717) is 29.3 Å². The van der Waals surface area contributed by atoms with Gasteiger partial charge >= 0.3 is 5.97 Å². The van der Waals surface area contributed by atoms with Crippen LogP contribution in [-0.4, -0.2) is 40.3 Å².